The van der Waals surface area contributed by atoms with Crippen LogP contribution in [0.25, 0.3) is 22.2 Å². The molecule has 1 aliphatic heterocycles. The molecule has 39 heavy (non-hydrogen) atoms. The Hall–Kier alpha value is -4.70. The lowest BCUT2D eigenvalue weighted by molar-refractivity contribution is -0.116. The van der Waals surface area contributed by atoms with Crippen molar-refractivity contribution < 1.29 is 19.1 Å². The Balaban J connectivity index is 1.52. The van der Waals surface area contributed by atoms with Crippen LogP contribution < -0.4 is 16.0 Å². The fourth-order valence-corrected chi connectivity index (χ4v) is 4.59. The molecule has 0 saturated heterocycles. The fourth-order valence-electron chi connectivity index (χ4n) is 4.35. The number of imidazole rings is 1. The minimum absolute atomic E-state index is 0.212. The number of amides is 3. The molecule has 4 N–H and O–H groups in total. The average molecular weight is 545 g/mol. The van der Waals surface area contributed by atoms with Crippen molar-refractivity contribution in [1.82, 2.24) is 20.3 Å². The molecule has 0 unspecified atom stereocenters. The van der Waals surface area contributed by atoms with E-state index >= 15 is 0 Å². The summed E-state index contributed by atoms with van der Waals surface area (Å²) in [7, 11) is 1.26. The fraction of sp³-hybridized carbons (Fsp3) is 0.179. The quantitative estimate of drug-likeness (QED) is 0.247. The molecule has 2 bridgehead atoms. The second-order valence-electron chi connectivity index (χ2n) is 8.86. The van der Waals surface area contributed by atoms with Crippen LogP contribution in [0.4, 0.5) is 16.2 Å². The molecule has 10 nitrogen and oxygen atoms in total. The summed E-state index contributed by atoms with van der Waals surface area (Å²) in [5, 5.41) is 9.63. The van der Waals surface area contributed by atoms with Gasteiger partial charge in [0.05, 0.1) is 29.9 Å². The van der Waals surface area contributed by atoms with Crippen LogP contribution in [0.3, 0.4) is 0 Å². The predicted molar refractivity (Wildman–Crippen MR) is 149 cm³/mol. The summed E-state index contributed by atoms with van der Waals surface area (Å²) in [6.45, 7) is 0. The van der Waals surface area contributed by atoms with E-state index in [0.29, 0.717) is 52.4 Å². The normalized spacial score (nSPS) is 16.1. The van der Waals surface area contributed by atoms with Gasteiger partial charge in [0.15, 0.2) is 0 Å². The predicted octanol–water partition coefficient (Wildman–Crippen LogP) is 5.61. The number of hydrogen-bond donors (Lipinski definition) is 4. The summed E-state index contributed by atoms with van der Waals surface area (Å²) in [4.78, 5) is 50.0. The number of allylic oxidation sites excluding steroid dienone is 1. The maximum absolute atomic E-state index is 13.4. The van der Waals surface area contributed by atoms with E-state index in [4.69, 9.17) is 16.6 Å². The van der Waals surface area contributed by atoms with Crippen LogP contribution in [0.5, 0.6) is 0 Å². The molecule has 1 aliphatic rings. The van der Waals surface area contributed by atoms with E-state index in [-0.39, 0.29) is 23.4 Å². The van der Waals surface area contributed by atoms with Gasteiger partial charge in [0, 0.05) is 29.3 Å². The highest BCUT2D eigenvalue weighted by molar-refractivity contribution is 6.32. The molecule has 3 heterocycles. The first-order valence-corrected chi connectivity index (χ1v) is 12.6. The van der Waals surface area contributed by atoms with Crippen LogP contribution in [0.2, 0.25) is 5.15 Å². The Bertz CT molecular complexity index is 1590. The second kappa shape index (κ2) is 11.4. The number of rotatable bonds is 3. The molecular weight excluding hydrogens is 520 g/mol. The lowest BCUT2D eigenvalue weighted by Gasteiger charge is -2.16. The molecule has 11 heteroatoms. The molecule has 0 radical (unpaired) electrons. The minimum Gasteiger partial charge on any atom is -0.453 e. The van der Waals surface area contributed by atoms with Crippen molar-refractivity contribution in [2.24, 2.45) is 0 Å². The van der Waals surface area contributed by atoms with Gasteiger partial charge in [-0.05, 0) is 43.2 Å². The van der Waals surface area contributed by atoms with Gasteiger partial charge in [0.1, 0.15) is 16.7 Å². The number of ether oxygens (including phenoxy) is 1. The lowest BCUT2D eigenvalue weighted by atomic mass is 10.1. The average Bonchev–Trinajstić information content (AvgIpc) is 3.32. The molecule has 3 amide bonds. The van der Waals surface area contributed by atoms with E-state index < -0.39 is 12.1 Å². The van der Waals surface area contributed by atoms with Crippen molar-refractivity contribution in [3.63, 3.8) is 0 Å². The third-order valence-electron chi connectivity index (χ3n) is 6.25. The van der Waals surface area contributed by atoms with Crippen LogP contribution >= 0.6 is 11.6 Å². The molecule has 0 fully saturated rings. The number of fused-ring (bicyclic) bond motifs is 5. The second-order valence-corrected chi connectivity index (χ2v) is 9.24. The molecule has 0 spiro atoms. The van der Waals surface area contributed by atoms with Crippen molar-refractivity contribution in [2.45, 2.75) is 25.3 Å². The zero-order chi connectivity index (χ0) is 27.4. The van der Waals surface area contributed by atoms with Crippen molar-refractivity contribution >= 4 is 51.8 Å². The number of methoxy groups -OCH3 is 1. The van der Waals surface area contributed by atoms with E-state index in [9.17, 15) is 14.4 Å². The number of nitrogens with zero attached hydrogens (tertiary/aromatic N) is 2. The van der Waals surface area contributed by atoms with E-state index in [0.717, 1.165) is 5.39 Å². The highest BCUT2D eigenvalue weighted by Gasteiger charge is 2.24. The topological polar surface area (TPSA) is 138 Å². The summed E-state index contributed by atoms with van der Waals surface area (Å²) in [5.74, 6) is -0.0584. The van der Waals surface area contributed by atoms with Crippen LogP contribution in [0, 0.1) is 0 Å². The number of nitrogens with one attached hydrogen (secondary N) is 4. The Morgan fingerprint density at radius 1 is 1.13 bits per heavy atom. The van der Waals surface area contributed by atoms with Gasteiger partial charge < -0.3 is 20.4 Å². The first kappa shape index (κ1) is 25.9. The van der Waals surface area contributed by atoms with Crippen molar-refractivity contribution in [2.75, 3.05) is 17.7 Å². The Morgan fingerprint density at radius 2 is 1.97 bits per heavy atom. The molecule has 0 aliphatic carbocycles. The summed E-state index contributed by atoms with van der Waals surface area (Å²) in [5.41, 5.74) is 2.82. The van der Waals surface area contributed by atoms with Gasteiger partial charge in [0.25, 0.3) is 5.91 Å². The molecule has 5 rings (SSSR count). The number of carbonyl (C=O) groups excluding carboxylic acids is 3. The third-order valence-corrected chi connectivity index (χ3v) is 6.52. The number of anilines is 2. The Kier molecular flexibility index (Phi) is 7.55. The maximum atomic E-state index is 13.4. The van der Waals surface area contributed by atoms with Crippen molar-refractivity contribution in [1.29, 1.82) is 0 Å². The van der Waals surface area contributed by atoms with E-state index in [1.54, 1.807) is 30.5 Å². The number of para-hydroxylation sites is 1. The molecule has 1 atom stereocenters. The van der Waals surface area contributed by atoms with Gasteiger partial charge in [-0.1, -0.05) is 42.0 Å². The Labute approximate surface area is 228 Å². The standard InChI is InChI=1S/C28H25ClN6O4/c1-39-28(38)31-17-12-13-18-21(15-17)32-22(36)11-4-2-3-10-20(26-34-24(18)25(29)35-26)33-27(37)19-9-5-7-16-8-6-14-30-23(16)19/h2-3,5-9,12-15,20H,4,10-11H2,1H3,(H,31,38)(H,32,36)(H,33,37)(H,34,35)/b3-2+/t20-/m0/s1. The number of H-pyrrole nitrogens is 1. The monoisotopic (exact) mass is 544 g/mol. The highest BCUT2D eigenvalue weighted by Crippen LogP contribution is 2.35. The van der Waals surface area contributed by atoms with Crippen molar-refractivity contribution in [3.8, 4) is 11.3 Å². The van der Waals surface area contributed by atoms with Gasteiger partial charge >= 0.3 is 6.09 Å². The van der Waals surface area contributed by atoms with Crippen LogP contribution in [0.15, 0.2) is 66.9 Å². The van der Waals surface area contributed by atoms with Gasteiger partial charge in [-0.2, -0.15) is 0 Å². The van der Waals surface area contributed by atoms with Crippen molar-refractivity contribution in [3.05, 3.63) is 83.4 Å². The Morgan fingerprint density at radius 3 is 2.82 bits per heavy atom. The molecule has 4 aromatic rings. The summed E-state index contributed by atoms with van der Waals surface area (Å²) >= 11 is 6.60. The maximum Gasteiger partial charge on any atom is 0.411 e. The van der Waals surface area contributed by atoms with Crippen LogP contribution in [-0.4, -0.2) is 40.0 Å². The van der Waals surface area contributed by atoms with Gasteiger partial charge in [-0.3, -0.25) is 19.9 Å². The van der Waals surface area contributed by atoms with Gasteiger partial charge in [-0.25, -0.2) is 9.78 Å². The highest BCUT2D eigenvalue weighted by atomic mass is 35.5. The smallest absolute Gasteiger partial charge is 0.411 e. The SMILES string of the molecule is COC(=O)Nc1ccc2c(c1)NC(=O)CC/C=C/C[C@H](NC(=O)c1cccc3cccnc13)c1nc-2c(Cl)[nH]1. The molecule has 198 valence electrons. The summed E-state index contributed by atoms with van der Waals surface area (Å²) in [6.07, 6.45) is 5.95. The molecule has 0 saturated carbocycles. The number of aromatic nitrogens is 3. The minimum atomic E-state index is -0.642. The number of halogens is 1. The van der Waals surface area contributed by atoms with Crippen LogP contribution in [-0.2, 0) is 9.53 Å². The zero-order valence-corrected chi connectivity index (χ0v) is 21.7. The molecule has 2 aromatic heterocycles. The summed E-state index contributed by atoms with van der Waals surface area (Å²) in [6, 6.07) is 13.6. The number of aromatic amines is 1. The lowest BCUT2D eigenvalue weighted by Crippen LogP contribution is -2.29. The number of benzene rings is 2. The number of carbonyl (C=O) groups is 3. The third kappa shape index (κ3) is 5.75. The molecular formula is C28H25ClN6O4. The van der Waals surface area contributed by atoms with E-state index in [1.165, 1.54) is 7.11 Å². The van der Waals surface area contributed by atoms with Gasteiger partial charge in [0.2, 0.25) is 5.91 Å². The van der Waals surface area contributed by atoms with E-state index in [2.05, 4.69) is 30.7 Å². The first-order valence-electron chi connectivity index (χ1n) is 12.3. The number of hydrogen-bond acceptors (Lipinski definition) is 6. The van der Waals surface area contributed by atoms with E-state index in [1.807, 2.05) is 36.4 Å². The largest absolute Gasteiger partial charge is 0.453 e. The summed E-state index contributed by atoms with van der Waals surface area (Å²) < 4.78 is 4.66. The molecule has 2 aromatic carbocycles. The van der Waals surface area contributed by atoms with Gasteiger partial charge in [-0.15, -0.1) is 0 Å². The number of pyridine rings is 1. The first-order chi connectivity index (χ1) is 18.9. The van der Waals surface area contributed by atoms with Crippen LogP contribution in [0.1, 0.15) is 41.5 Å². The zero-order valence-electron chi connectivity index (χ0n) is 21.0.